The third-order valence-corrected chi connectivity index (χ3v) is 0.939. The summed E-state index contributed by atoms with van der Waals surface area (Å²) in [7, 11) is 0. The molecule has 0 heterocycles. The molecule has 0 aromatic rings. The van der Waals surface area contributed by atoms with E-state index in [1.807, 2.05) is 13.8 Å². The zero-order valence-electron chi connectivity index (χ0n) is 5.44. The molecule has 1 unspecified atom stereocenters. The van der Waals surface area contributed by atoms with Crippen molar-refractivity contribution >= 4 is 0 Å². The van der Waals surface area contributed by atoms with Gasteiger partial charge in [0.2, 0.25) is 0 Å². The second-order valence-corrected chi connectivity index (χ2v) is 1.92. The van der Waals surface area contributed by atoms with E-state index in [4.69, 9.17) is 5.11 Å². The molecule has 0 bridgehead atoms. The number of rotatable bonds is 2. The standard InChI is InChI=1S/C7H12O/c1-3-4-5-7(2)6-8/h7-8H,5-6H2,1-2H3. The van der Waals surface area contributed by atoms with Crippen molar-refractivity contribution in [2.75, 3.05) is 6.61 Å². The Morgan fingerprint density at radius 1 is 1.62 bits per heavy atom. The quantitative estimate of drug-likeness (QED) is 0.529. The van der Waals surface area contributed by atoms with Gasteiger partial charge in [0.25, 0.3) is 0 Å². The summed E-state index contributed by atoms with van der Waals surface area (Å²) in [6.07, 6.45) is 0.812. The maximum absolute atomic E-state index is 8.49. The maximum atomic E-state index is 8.49. The molecule has 0 spiro atoms. The zero-order chi connectivity index (χ0) is 6.41. The Labute approximate surface area is 50.7 Å². The second-order valence-electron chi connectivity index (χ2n) is 1.92. The Kier molecular flexibility index (Phi) is 4.39. The van der Waals surface area contributed by atoms with Crippen molar-refractivity contribution in [3.63, 3.8) is 0 Å². The van der Waals surface area contributed by atoms with Gasteiger partial charge in [0.05, 0.1) is 0 Å². The van der Waals surface area contributed by atoms with Gasteiger partial charge in [-0.05, 0) is 12.8 Å². The van der Waals surface area contributed by atoms with E-state index in [1.54, 1.807) is 0 Å². The van der Waals surface area contributed by atoms with Gasteiger partial charge in [-0.2, -0.15) is 0 Å². The molecule has 1 heteroatoms. The van der Waals surface area contributed by atoms with E-state index in [2.05, 4.69) is 11.8 Å². The average Bonchev–Trinajstić information content (AvgIpc) is 1.83. The molecule has 1 nitrogen and oxygen atoms in total. The largest absolute Gasteiger partial charge is 0.396 e. The maximum Gasteiger partial charge on any atom is 0.0465 e. The molecule has 0 aromatic carbocycles. The molecular weight excluding hydrogens is 100 g/mol. The van der Waals surface area contributed by atoms with Crippen LogP contribution in [0.5, 0.6) is 0 Å². The molecule has 8 heavy (non-hydrogen) atoms. The summed E-state index contributed by atoms with van der Waals surface area (Å²) in [5.41, 5.74) is 0. The van der Waals surface area contributed by atoms with Gasteiger partial charge in [0.1, 0.15) is 0 Å². The Hall–Kier alpha value is -0.480. The molecule has 1 N–H and O–H groups in total. The van der Waals surface area contributed by atoms with E-state index in [-0.39, 0.29) is 6.61 Å². The fraction of sp³-hybridized carbons (Fsp3) is 0.714. The highest BCUT2D eigenvalue weighted by Crippen LogP contribution is 1.96. The highest BCUT2D eigenvalue weighted by atomic mass is 16.3. The lowest BCUT2D eigenvalue weighted by Gasteiger charge is -1.98. The van der Waals surface area contributed by atoms with E-state index in [1.165, 1.54) is 0 Å². The van der Waals surface area contributed by atoms with Gasteiger partial charge < -0.3 is 5.11 Å². The minimum Gasteiger partial charge on any atom is -0.396 e. The van der Waals surface area contributed by atoms with Crippen LogP contribution in [0.1, 0.15) is 20.3 Å². The molecular formula is C7H12O. The van der Waals surface area contributed by atoms with Crippen LogP contribution in [-0.4, -0.2) is 11.7 Å². The number of hydrogen-bond donors (Lipinski definition) is 1. The Bertz CT molecular complexity index is 96.7. The number of aliphatic hydroxyl groups is 1. The number of hydrogen-bond acceptors (Lipinski definition) is 1. The van der Waals surface area contributed by atoms with Crippen molar-refractivity contribution in [1.29, 1.82) is 0 Å². The molecule has 0 radical (unpaired) electrons. The summed E-state index contributed by atoms with van der Waals surface area (Å²) in [6.45, 7) is 4.03. The van der Waals surface area contributed by atoms with Gasteiger partial charge in [-0.3, -0.25) is 0 Å². The summed E-state index contributed by atoms with van der Waals surface area (Å²) in [6, 6.07) is 0. The molecule has 1 atom stereocenters. The summed E-state index contributed by atoms with van der Waals surface area (Å²) in [5, 5.41) is 8.49. The lowest BCUT2D eigenvalue weighted by Crippen LogP contribution is -1.97. The van der Waals surface area contributed by atoms with E-state index >= 15 is 0 Å². The Balaban J connectivity index is 3.19. The molecule has 0 rings (SSSR count). The van der Waals surface area contributed by atoms with Crippen LogP contribution in [-0.2, 0) is 0 Å². The van der Waals surface area contributed by atoms with E-state index in [0.29, 0.717) is 5.92 Å². The van der Waals surface area contributed by atoms with Crippen LogP contribution in [0.4, 0.5) is 0 Å². The first-order valence-corrected chi connectivity index (χ1v) is 2.81. The number of aliphatic hydroxyl groups excluding tert-OH is 1. The summed E-state index contributed by atoms with van der Waals surface area (Å²) >= 11 is 0. The van der Waals surface area contributed by atoms with Gasteiger partial charge >= 0.3 is 0 Å². The second kappa shape index (κ2) is 4.67. The van der Waals surface area contributed by atoms with Gasteiger partial charge in [-0.25, -0.2) is 0 Å². The van der Waals surface area contributed by atoms with Crippen LogP contribution >= 0.6 is 0 Å². The molecule has 46 valence electrons. The topological polar surface area (TPSA) is 20.2 Å². The monoisotopic (exact) mass is 112 g/mol. The minimum atomic E-state index is 0.245. The third kappa shape index (κ3) is 3.70. The fourth-order valence-electron chi connectivity index (χ4n) is 0.341. The van der Waals surface area contributed by atoms with Gasteiger partial charge in [0.15, 0.2) is 0 Å². The summed E-state index contributed by atoms with van der Waals surface area (Å²) < 4.78 is 0. The van der Waals surface area contributed by atoms with Gasteiger partial charge in [-0.1, -0.05) is 6.92 Å². The normalized spacial score (nSPS) is 11.9. The molecule has 0 saturated carbocycles. The molecule has 0 aliphatic carbocycles. The average molecular weight is 112 g/mol. The molecule has 0 saturated heterocycles. The SMILES string of the molecule is CC#CCC(C)CO. The Morgan fingerprint density at radius 2 is 2.25 bits per heavy atom. The first-order valence-electron chi connectivity index (χ1n) is 2.81. The van der Waals surface area contributed by atoms with Crippen molar-refractivity contribution in [3.8, 4) is 11.8 Å². The van der Waals surface area contributed by atoms with Crippen molar-refractivity contribution in [1.82, 2.24) is 0 Å². The van der Waals surface area contributed by atoms with E-state index in [0.717, 1.165) is 6.42 Å². The van der Waals surface area contributed by atoms with Gasteiger partial charge in [-0.15, -0.1) is 11.8 Å². The van der Waals surface area contributed by atoms with Crippen LogP contribution in [0, 0.1) is 17.8 Å². The fourth-order valence-corrected chi connectivity index (χ4v) is 0.341. The first kappa shape index (κ1) is 7.52. The van der Waals surface area contributed by atoms with E-state index in [9.17, 15) is 0 Å². The molecule has 0 aliphatic heterocycles. The Morgan fingerprint density at radius 3 is 2.62 bits per heavy atom. The summed E-state index contributed by atoms with van der Waals surface area (Å²) in [4.78, 5) is 0. The lowest BCUT2D eigenvalue weighted by atomic mass is 10.1. The van der Waals surface area contributed by atoms with Crippen molar-refractivity contribution < 1.29 is 5.11 Å². The zero-order valence-corrected chi connectivity index (χ0v) is 5.44. The van der Waals surface area contributed by atoms with Crippen molar-refractivity contribution in [2.45, 2.75) is 20.3 Å². The smallest absolute Gasteiger partial charge is 0.0465 e. The van der Waals surface area contributed by atoms with Crippen LogP contribution in [0.3, 0.4) is 0 Å². The minimum absolute atomic E-state index is 0.245. The molecule has 0 aliphatic rings. The van der Waals surface area contributed by atoms with Crippen molar-refractivity contribution in [3.05, 3.63) is 0 Å². The predicted molar refractivity (Wildman–Crippen MR) is 34.3 cm³/mol. The summed E-state index contributed by atoms with van der Waals surface area (Å²) in [5.74, 6) is 6.00. The third-order valence-electron chi connectivity index (χ3n) is 0.939. The van der Waals surface area contributed by atoms with Crippen LogP contribution in [0.2, 0.25) is 0 Å². The highest BCUT2D eigenvalue weighted by molar-refractivity contribution is 4.95. The molecule has 0 fully saturated rings. The highest BCUT2D eigenvalue weighted by Gasteiger charge is 1.93. The molecule has 0 aromatic heterocycles. The predicted octanol–water partition coefficient (Wildman–Crippen LogP) is 1.03. The van der Waals surface area contributed by atoms with Crippen molar-refractivity contribution in [2.24, 2.45) is 5.92 Å². The van der Waals surface area contributed by atoms with Crippen LogP contribution < -0.4 is 0 Å². The molecule has 0 amide bonds. The van der Waals surface area contributed by atoms with Gasteiger partial charge in [0, 0.05) is 13.0 Å². The van der Waals surface area contributed by atoms with Crippen LogP contribution in [0.15, 0.2) is 0 Å². The first-order chi connectivity index (χ1) is 3.81. The van der Waals surface area contributed by atoms with E-state index < -0.39 is 0 Å². The van der Waals surface area contributed by atoms with Crippen LogP contribution in [0.25, 0.3) is 0 Å². The lowest BCUT2D eigenvalue weighted by molar-refractivity contribution is 0.240.